The summed E-state index contributed by atoms with van der Waals surface area (Å²) in [6, 6.07) is 10.9. The molecule has 90 valence electrons. The molecule has 0 aliphatic carbocycles. The maximum absolute atomic E-state index is 4.78. The summed E-state index contributed by atoms with van der Waals surface area (Å²) < 4.78 is 1.27. The summed E-state index contributed by atoms with van der Waals surface area (Å²) >= 11 is 3.67. The summed E-state index contributed by atoms with van der Waals surface area (Å²) in [5.41, 5.74) is 2.53. The van der Waals surface area contributed by atoms with Crippen LogP contribution >= 0.6 is 22.7 Å². The quantitative estimate of drug-likeness (QED) is 0.732. The van der Waals surface area contributed by atoms with Gasteiger partial charge in [0.25, 0.3) is 0 Å². The minimum atomic E-state index is 0.289. The number of thiazole rings is 1. The number of hydrogen-bond donors (Lipinski definition) is 1. The molecule has 1 aromatic carbocycles. The molecule has 18 heavy (non-hydrogen) atoms. The van der Waals surface area contributed by atoms with Gasteiger partial charge in [0.15, 0.2) is 0 Å². The molecule has 0 amide bonds. The molecule has 3 aromatic rings. The number of nitrogens with one attached hydrogen (secondary N) is 1. The summed E-state index contributed by atoms with van der Waals surface area (Å²) in [5, 5.41) is 6.98. The van der Waals surface area contributed by atoms with Crippen LogP contribution in [0, 0.1) is 0 Å². The third-order valence-corrected chi connectivity index (χ3v) is 5.45. The van der Waals surface area contributed by atoms with Crippen molar-refractivity contribution in [2.45, 2.75) is 12.5 Å². The zero-order valence-corrected chi connectivity index (χ0v) is 11.4. The molecule has 2 nitrogen and oxygen atoms in total. The molecule has 0 bridgehead atoms. The Morgan fingerprint density at radius 1 is 1.22 bits per heavy atom. The van der Waals surface area contributed by atoms with Gasteiger partial charge in [-0.2, -0.15) is 0 Å². The lowest BCUT2D eigenvalue weighted by atomic mass is 10.0. The number of aromatic nitrogens is 1. The molecule has 1 aliphatic rings. The Kier molecular flexibility index (Phi) is 2.46. The third kappa shape index (κ3) is 1.61. The Balaban J connectivity index is 1.84. The van der Waals surface area contributed by atoms with Crippen molar-refractivity contribution in [3.8, 4) is 0 Å². The Labute approximate surface area is 113 Å². The molecule has 1 aliphatic heterocycles. The summed E-state index contributed by atoms with van der Waals surface area (Å²) in [6.07, 6.45) is 1.15. The highest BCUT2D eigenvalue weighted by Gasteiger charge is 2.24. The predicted molar refractivity (Wildman–Crippen MR) is 77.5 cm³/mol. The van der Waals surface area contributed by atoms with E-state index in [2.05, 4.69) is 41.0 Å². The summed E-state index contributed by atoms with van der Waals surface area (Å²) in [4.78, 5) is 6.29. The van der Waals surface area contributed by atoms with Crippen molar-refractivity contribution in [2.24, 2.45) is 0 Å². The number of para-hydroxylation sites is 1. The van der Waals surface area contributed by atoms with Crippen LogP contribution in [-0.4, -0.2) is 11.5 Å². The Morgan fingerprint density at radius 2 is 2.17 bits per heavy atom. The average Bonchev–Trinajstić information content (AvgIpc) is 3.04. The third-order valence-electron chi connectivity index (χ3n) is 3.35. The van der Waals surface area contributed by atoms with Gasteiger partial charge in [-0.15, -0.1) is 22.7 Å². The van der Waals surface area contributed by atoms with E-state index < -0.39 is 0 Å². The van der Waals surface area contributed by atoms with Crippen LogP contribution in [-0.2, 0) is 6.42 Å². The van der Waals surface area contributed by atoms with Crippen LogP contribution in [0.25, 0.3) is 10.2 Å². The smallest absolute Gasteiger partial charge is 0.115 e. The van der Waals surface area contributed by atoms with E-state index in [4.69, 9.17) is 4.98 Å². The molecule has 1 N–H and O–H groups in total. The average molecular weight is 272 g/mol. The molecule has 0 spiro atoms. The second kappa shape index (κ2) is 4.16. The summed E-state index contributed by atoms with van der Waals surface area (Å²) in [5.74, 6) is 0. The van der Waals surface area contributed by atoms with Gasteiger partial charge in [-0.25, -0.2) is 4.98 Å². The number of benzene rings is 1. The van der Waals surface area contributed by atoms with Crippen LogP contribution in [0.4, 0.5) is 0 Å². The van der Waals surface area contributed by atoms with Crippen molar-refractivity contribution < 1.29 is 0 Å². The Hall–Kier alpha value is -1.23. The van der Waals surface area contributed by atoms with E-state index in [0.29, 0.717) is 0 Å². The molecule has 1 atom stereocenters. The first-order valence-corrected chi connectivity index (χ1v) is 7.76. The second-order valence-electron chi connectivity index (χ2n) is 4.46. The fourth-order valence-electron chi connectivity index (χ4n) is 2.48. The Bertz CT molecular complexity index is 665. The Morgan fingerprint density at radius 3 is 3.11 bits per heavy atom. The summed E-state index contributed by atoms with van der Waals surface area (Å²) in [6.45, 7) is 1.05. The molecule has 3 heterocycles. The van der Waals surface area contributed by atoms with E-state index >= 15 is 0 Å². The molecule has 4 heteroatoms. The minimum absolute atomic E-state index is 0.289. The van der Waals surface area contributed by atoms with Gasteiger partial charge >= 0.3 is 0 Å². The van der Waals surface area contributed by atoms with Crippen LogP contribution in [0.15, 0.2) is 35.7 Å². The van der Waals surface area contributed by atoms with Gasteiger partial charge in [0.2, 0.25) is 0 Å². The normalized spacial score (nSPS) is 19.0. The highest BCUT2D eigenvalue weighted by molar-refractivity contribution is 7.18. The zero-order valence-electron chi connectivity index (χ0n) is 9.72. The summed E-state index contributed by atoms with van der Waals surface area (Å²) in [7, 11) is 0. The molecule has 4 rings (SSSR count). The van der Waals surface area contributed by atoms with Gasteiger partial charge in [0.1, 0.15) is 5.01 Å². The zero-order chi connectivity index (χ0) is 11.9. The molecular weight excluding hydrogens is 260 g/mol. The number of nitrogens with zero attached hydrogens (tertiary/aromatic N) is 1. The fourth-order valence-corrected chi connectivity index (χ4v) is 4.47. The molecule has 0 saturated carbocycles. The lowest BCUT2D eigenvalue weighted by Crippen LogP contribution is -2.29. The lowest BCUT2D eigenvalue weighted by molar-refractivity contribution is 0.573. The number of thiophene rings is 1. The monoisotopic (exact) mass is 272 g/mol. The second-order valence-corrected chi connectivity index (χ2v) is 6.52. The SMILES string of the molecule is c1ccc2sc(C3NCCc4sccc43)nc2c1. The van der Waals surface area contributed by atoms with Crippen molar-refractivity contribution in [3.05, 3.63) is 51.2 Å². The fraction of sp³-hybridized carbons (Fsp3) is 0.214. The molecule has 2 aromatic heterocycles. The minimum Gasteiger partial charge on any atom is -0.304 e. The van der Waals surface area contributed by atoms with Crippen molar-refractivity contribution in [1.29, 1.82) is 0 Å². The van der Waals surface area contributed by atoms with Crippen LogP contribution < -0.4 is 5.32 Å². The highest BCUT2D eigenvalue weighted by Crippen LogP contribution is 2.35. The number of fused-ring (bicyclic) bond motifs is 2. The number of hydrogen-bond acceptors (Lipinski definition) is 4. The van der Waals surface area contributed by atoms with Gasteiger partial charge in [0.05, 0.1) is 16.3 Å². The van der Waals surface area contributed by atoms with Crippen LogP contribution in [0.1, 0.15) is 21.5 Å². The van der Waals surface area contributed by atoms with Gasteiger partial charge in [0, 0.05) is 11.4 Å². The van der Waals surface area contributed by atoms with Crippen molar-refractivity contribution >= 4 is 32.9 Å². The van der Waals surface area contributed by atoms with E-state index in [9.17, 15) is 0 Å². The maximum Gasteiger partial charge on any atom is 0.115 e. The molecule has 0 saturated heterocycles. The maximum atomic E-state index is 4.78. The van der Waals surface area contributed by atoms with Crippen LogP contribution in [0.3, 0.4) is 0 Å². The van der Waals surface area contributed by atoms with Gasteiger partial charge in [-0.05, 0) is 35.6 Å². The molecule has 0 radical (unpaired) electrons. The first-order chi connectivity index (χ1) is 8.92. The lowest BCUT2D eigenvalue weighted by Gasteiger charge is -2.22. The van der Waals surface area contributed by atoms with Crippen molar-refractivity contribution in [3.63, 3.8) is 0 Å². The van der Waals surface area contributed by atoms with Crippen molar-refractivity contribution in [2.75, 3.05) is 6.54 Å². The van der Waals surface area contributed by atoms with E-state index in [1.807, 2.05) is 11.3 Å². The predicted octanol–water partition coefficient (Wildman–Crippen LogP) is 3.59. The van der Waals surface area contributed by atoms with Crippen LogP contribution in [0.2, 0.25) is 0 Å². The van der Waals surface area contributed by atoms with Gasteiger partial charge in [-0.1, -0.05) is 12.1 Å². The molecule has 1 unspecified atom stereocenters. The largest absolute Gasteiger partial charge is 0.304 e. The first-order valence-electron chi connectivity index (χ1n) is 6.07. The highest BCUT2D eigenvalue weighted by atomic mass is 32.1. The van der Waals surface area contributed by atoms with Gasteiger partial charge in [-0.3, -0.25) is 0 Å². The number of rotatable bonds is 1. The first kappa shape index (κ1) is 10.7. The standard InChI is InChI=1S/C14H12N2S2/c1-2-4-12-10(3-1)16-14(18-12)13-9-6-8-17-11(9)5-7-15-13/h1-4,6,8,13,15H,5,7H2. The van der Waals surface area contributed by atoms with Crippen LogP contribution in [0.5, 0.6) is 0 Å². The van der Waals surface area contributed by atoms with E-state index in [0.717, 1.165) is 18.5 Å². The van der Waals surface area contributed by atoms with E-state index in [1.54, 1.807) is 11.3 Å². The topological polar surface area (TPSA) is 24.9 Å². The van der Waals surface area contributed by atoms with E-state index in [1.165, 1.54) is 20.1 Å². The van der Waals surface area contributed by atoms with Gasteiger partial charge < -0.3 is 5.32 Å². The van der Waals surface area contributed by atoms with E-state index in [-0.39, 0.29) is 6.04 Å². The molecule has 0 fully saturated rings. The molecular formula is C14H12N2S2. The van der Waals surface area contributed by atoms with Crippen molar-refractivity contribution in [1.82, 2.24) is 10.3 Å².